The van der Waals surface area contributed by atoms with Crippen molar-refractivity contribution in [1.82, 2.24) is 4.98 Å². The number of allylic oxidation sites excluding steroid dienone is 5. The summed E-state index contributed by atoms with van der Waals surface area (Å²) in [6.07, 6.45) is 11.0. The van der Waals surface area contributed by atoms with E-state index < -0.39 is 0 Å². The Morgan fingerprint density at radius 3 is 2.55 bits per heavy atom. The van der Waals surface area contributed by atoms with Crippen molar-refractivity contribution in [3.8, 4) is 0 Å². The van der Waals surface area contributed by atoms with E-state index >= 15 is 0 Å². The zero-order valence-electron chi connectivity index (χ0n) is 18.1. The standard InChI is InChI=1S/C29H28ClN/c1-5-24(28(6-2)21(3)4)12-8-11-22-9-7-10-23(19-22)13-17-27-18-15-25-14-16-26(30)20-29(25)31-27/h5-7,9-10,13-20H,1-3,8,11-12H2,4H3/b17-13+,28-24-. The molecule has 0 aliphatic heterocycles. The van der Waals surface area contributed by atoms with Crippen molar-refractivity contribution in [3.05, 3.63) is 125 Å². The Kier molecular flexibility index (Phi) is 7.81. The van der Waals surface area contributed by atoms with E-state index in [0.717, 1.165) is 47.0 Å². The Labute approximate surface area is 190 Å². The maximum absolute atomic E-state index is 6.10. The van der Waals surface area contributed by atoms with Crippen LogP contribution in [0.4, 0.5) is 0 Å². The van der Waals surface area contributed by atoms with Crippen LogP contribution < -0.4 is 0 Å². The van der Waals surface area contributed by atoms with Crippen molar-refractivity contribution in [1.29, 1.82) is 0 Å². The molecule has 0 fully saturated rings. The number of hydrogen-bond donors (Lipinski definition) is 0. The first-order chi connectivity index (χ1) is 15.0. The molecule has 1 aromatic heterocycles. The van der Waals surface area contributed by atoms with Crippen molar-refractivity contribution in [2.24, 2.45) is 0 Å². The molecular formula is C29H28ClN. The van der Waals surface area contributed by atoms with E-state index in [1.807, 2.05) is 49.4 Å². The van der Waals surface area contributed by atoms with Crippen LogP contribution in [0.15, 0.2) is 103 Å². The molecule has 0 amide bonds. The van der Waals surface area contributed by atoms with Gasteiger partial charge in [0.05, 0.1) is 11.2 Å². The second-order valence-electron chi connectivity index (χ2n) is 7.63. The van der Waals surface area contributed by atoms with Gasteiger partial charge < -0.3 is 0 Å². The van der Waals surface area contributed by atoms with E-state index in [4.69, 9.17) is 11.6 Å². The van der Waals surface area contributed by atoms with Gasteiger partial charge in [0.2, 0.25) is 0 Å². The second kappa shape index (κ2) is 10.7. The summed E-state index contributed by atoms with van der Waals surface area (Å²) < 4.78 is 0. The van der Waals surface area contributed by atoms with Gasteiger partial charge in [-0.1, -0.05) is 91.5 Å². The second-order valence-corrected chi connectivity index (χ2v) is 8.07. The van der Waals surface area contributed by atoms with Gasteiger partial charge in [0, 0.05) is 10.4 Å². The number of aryl methyl sites for hydroxylation is 1. The molecule has 1 nitrogen and oxygen atoms in total. The first-order valence-corrected chi connectivity index (χ1v) is 10.8. The van der Waals surface area contributed by atoms with Crippen molar-refractivity contribution in [2.45, 2.75) is 26.2 Å². The van der Waals surface area contributed by atoms with Crippen LogP contribution >= 0.6 is 11.6 Å². The van der Waals surface area contributed by atoms with Crippen LogP contribution in [0.1, 0.15) is 36.6 Å². The van der Waals surface area contributed by atoms with E-state index in [1.165, 1.54) is 16.7 Å². The van der Waals surface area contributed by atoms with Gasteiger partial charge in [-0.15, -0.1) is 0 Å². The van der Waals surface area contributed by atoms with Gasteiger partial charge >= 0.3 is 0 Å². The lowest BCUT2D eigenvalue weighted by Crippen LogP contribution is -1.92. The topological polar surface area (TPSA) is 12.9 Å². The summed E-state index contributed by atoms with van der Waals surface area (Å²) in [7, 11) is 0. The first kappa shape index (κ1) is 22.5. The molecule has 2 aromatic carbocycles. The van der Waals surface area contributed by atoms with Gasteiger partial charge in [0.25, 0.3) is 0 Å². The van der Waals surface area contributed by atoms with Crippen molar-refractivity contribution < 1.29 is 0 Å². The molecule has 0 spiro atoms. The summed E-state index contributed by atoms with van der Waals surface area (Å²) in [5.41, 5.74) is 7.65. The van der Waals surface area contributed by atoms with Crippen molar-refractivity contribution in [3.63, 3.8) is 0 Å². The summed E-state index contributed by atoms with van der Waals surface area (Å²) in [6.45, 7) is 13.9. The number of hydrogen-bond acceptors (Lipinski definition) is 1. The third-order valence-electron chi connectivity index (χ3n) is 5.24. The highest BCUT2D eigenvalue weighted by Crippen LogP contribution is 2.22. The van der Waals surface area contributed by atoms with E-state index in [-0.39, 0.29) is 0 Å². The third-order valence-corrected chi connectivity index (χ3v) is 5.48. The molecule has 1 heterocycles. The molecule has 0 aliphatic carbocycles. The lowest BCUT2D eigenvalue weighted by atomic mass is 9.96. The van der Waals surface area contributed by atoms with Gasteiger partial charge in [0.1, 0.15) is 0 Å². The number of benzene rings is 2. The molecule has 31 heavy (non-hydrogen) atoms. The number of rotatable bonds is 9. The largest absolute Gasteiger partial charge is 0.248 e. The first-order valence-electron chi connectivity index (χ1n) is 10.5. The number of halogens is 1. The van der Waals surface area contributed by atoms with Crippen LogP contribution in [-0.4, -0.2) is 4.98 Å². The molecule has 0 N–H and O–H groups in total. The molecule has 3 rings (SSSR count). The maximum atomic E-state index is 6.10. The number of pyridine rings is 1. The highest BCUT2D eigenvalue weighted by molar-refractivity contribution is 6.31. The van der Waals surface area contributed by atoms with E-state index in [9.17, 15) is 0 Å². The third kappa shape index (κ3) is 6.16. The molecule has 0 bridgehead atoms. The smallest absolute Gasteiger partial charge is 0.0724 e. The lowest BCUT2D eigenvalue weighted by molar-refractivity contribution is 0.820. The Balaban J connectivity index is 1.68. The van der Waals surface area contributed by atoms with E-state index in [2.05, 4.69) is 61.1 Å². The maximum Gasteiger partial charge on any atom is 0.0724 e. The minimum absolute atomic E-state index is 0.701. The molecule has 0 saturated carbocycles. The van der Waals surface area contributed by atoms with Crippen LogP contribution in [0.3, 0.4) is 0 Å². The minimum atomic E-state index is 0.701. The normalized spacial score (nSPS) is 12.1. The zero-order valence-corrected chi connectivity index (χ0v) is 18.8. The fourth-order valence-corrected chi connectivity index (χ4v) is 3.81. The Morgan fingerprint density at radius 1 is 1.00 bits per heavy atom. The van der Waals surface area contributed by atoms with Gasteiger partial charge in [-0.3, -0.25) is 0 Å². The molecular weight excluding hydrogens is 398 g/mol. The van der Waals surface area contributed by atoms with Crippen LogP contribution in [0.25, 0.3) is 23.1 Å². The summed E-state index contributed by atoms with van der Waals surface area (Å²) in [5, 5.41) is 1.79. The van der Waals surface area contributed by atoms with Crippen LogP contribution in [0, 0.1) is 0 Å². The Bertz CT molecular complexity index is 1180. The molecule has 0 atom stereocenters. The molecule has 3 aromatic rings. The molecule has 0 radical (unpaired) electrons. The molecule has 0 aliphatic rings. The Morgan fingerprint density at radius 2 is 1.81 bits per heavy atom. The van der Waals surface area contributed by atoms with Crippen LogP contribution in [0.5, 0.6) is 0 Å². The predicted molar refractivity (Wildman–Crippen MR) is 137 cm³/mol. The predicted octanol–water partition coefficient (Wildman–Crippen LogP) is 8.63. The van der Waals surface area contributed by atoms with E-state index in [0.29, 0.717) is 5.02 Å². The van der Waals surface area contributed by atoms with Gasteiger partial charge in [-0.25, -0.2) is 4.98 Å². The lowest BCUT2D eigenvalue weighted by Gasteiger charge is -2.09. The van der Waals surface area contributed by atoms with Gasteiger partial charge in [0.15, 0.2) is 0 Å². The monoisotopic (exact) mass is 425 g/mol. The number of fused-ring (bicyclic) bond motifs is 1. The van der Waals surface area contributed by atoms with Gasteiger partial charge in [-0.05, 0) is 72.7 Å². The average Bonchev–Trinajstić information content (AvgIpc) is 2.76. The van der Waals surface area contributed by atoms with Crippen molar-refractivity contribution >= 4 is 34.7 Å². The highest BCUT2D eigenvalue weighted by atomic mass is 35.5. The number of nitrogens with zero attached hydrogens (tertiary/aromatic N) is 1. The summed E-state index contributed by atoms with van der Waals surface area (Å²) in [6, 6.07) is 18.5. The molecule has 156 valence electrons. The minimum Gasteiger partial charge on any atom is -0.248 e. The fourth-order valence-electron chi connectivity index (χ4n) is 3.64. The SMILES string of the molecule is C=C/C(CCCc1cccc(/C=C/c2ccc3ccc(Cl)cc3n2)c1)=C(\C=C)C(=C)C. The van der Waals surface area contributed by atoms with Crippen molar-refractivity contribution in [2.75, 3.05) is 0 Å². The number of aromatic nitrogens is 1. The summed E-state index contributed by atoms with van der Waals surface area (Å²) in [4.78, 5) is 4.69. The Hall–Kier alpha value is -3.16. The molecule has 2 heteroatoms. The quantitative estimate of drug-likeness (QED) is 0.312. The van der Waals surface area contributed by atoms with Gasteiger partial charge in [-0.2, -0.15) is 0 Å². The molecule has 0 saturated heterocycles. The average molecular weight is 426 g/mol. The summed E-state index contributed by atoms with van der Waals surface area (Å²) in [5.74, 6) is 0. The van der Waals surface area contributed by atoms with Crippen LogP contribution in [-0.2, 0) is 6.42 Å². The summed E-state index contributed by atoms with van der Waals surface area (Å²) >= 11 is 6.10. The molecule has 0 unspecified atom stereocenters. The fraction of sp³-hybridized carbons (Fsp3) is 0.138. The van der Waals surface area contributed by atoms with Crippen LogP contribution in [0.2, 0.25) is 5.02 Å². The highest BCUT2D eigenvalue weighted by Gasteiger charge is 2.03. The van der Waals surface area contributed by atoms with E-state index in [1.54, 1.807) is 0 Å². The zero-order chi connectivity index (χ0) is 22.2.